The van der Waals surface area contributed by atoms with E-state index in [2.05, 4.69) is 20.9 Å². The third kappa shape index (κ3) is 6.29. The van der Waals surface area contributed by atoms with Gasteiger partial charge in [0.2, 0.25) is 11.8 Å². The minimum absolute atomic E-state index is 0.00133. The summed E-state index contributed by atoms with van der Waals surface area (Å²) < 4.78 is 38.8. The van der Waals surface area contributed by atoms with Crippen molar-refractivity contribution in [3.63, 3.8) is 0 Å². The fourth-order valence-corrected chi connectivity index (χ4v) is 4.06. The zero-order valence-corrected chi connectivity index (χ0v) is 20.8. The number of aromatic amines is 1. The van der Waals surface area contributed by atoms with E-state index in [1.165, 1.54) is 6.07 Å². The average molecular weight is 518 g/mol. The number of rotatable bonds is 9. The molecule has 0 bridgehead atoms. The molecule has 0 saturated heterocycles. The maximum Gasteiger partial charge on any atom is 0.416 e. The highest BCUT2D eigenvalue weighted by Gasteiger charge is 2.48. The highest BCUT2D eigenvalue weighted by molar-refractivity contribution is 5.98. The normalized spacial score (nSPS) is 13.7. The molecule has 1 heterocycles. The molecule has 11 heteroatoms. The maximum absolute atomic E-state index is 12.9. The topological polar surface area (TPSA) is 129 Å². The average Bonchev–Trinajstić information content (AvgIpc) is 3.23. The van der Waals surface area contributed by atoms with E-state index >= 15 is 0 Å². The van der Waals surface area contributed by atoms with Crippen LogP contribution < -0.4 is 21.7 Å². The predicted octanol–water partition coefficient (Wildman–Crippen LogP) is 3.09. The number of halogens is 3. The van der Waals surface area contributed by atoms with Crippen molar-refractivity contribution in [3.8, 4) is 0 Å². The number of aromatic nitrogens is 1. The molecule has 0 spiro atoms. The van der Waals surface area contributed by atoms with Gasteiger partial charge >= 0.3 is 6.18 Å². The number of H-pyrrole nitrogens is 1. The number of carbonyl (C=O) groups excluding carboxylic acids is 3. The van der Waals surface area contributed by atoms with Crippen LogP contribution in [-0.4, -0.2) is 41.3 Å². The fourth-order valence-electron chi connectivity index (χ4n) is 4.06. The lowest BCUT2D eigenvalue weighted by Crippen LogP contribution is -2.69. The number of nitrogens with two attached hydrogens (primary N) is 1. The van der Waals surface area contributed by atoms with Crippen LogP contribution in [0, 0.1) is 5.41 Å². The lowest BCUT2D eigenvalue weighted by molar-refractivity contribution is -0.137. The van der Waals surface area contributed by atoms with E-state index < -0.39 is 47.0 Å². The van der Waals surface area contributed by atoms with Gasteiger partial charge in [-0.2, -0.15) is 13.2 Å². The number of alkyl halides is 3. The van der Waals surface area contributed by atoms with Crippen molar-refractivity contribution >= 4 is 28.6 Å². The molecule has 2 aromatic carbocycles. The molecule has 1 unspecified atom stereocenters. The molecule has 6 N–H and O–H groups in total. The van der Waals surface area contributed by atoms with Crippen molar-refractivity contribution < 1.29 is 27.6 Å². The Labute approximate surface area is 212 Å². The number of primary amides is 1. The molecule has 0 aliphatic heterocycles. The summed E-state index contributed by atoms with van der Waals surface area (Å²) in [5.74, 6) is -2.36. The minimum atomic E-state index is -4.61. The van der Waals surface area contributed by atoms with Gasteiger partial charge in [0.25, 0.3) is 5.91 Å². The van der Waals surface area contributed by atoms with Crippen LogP contribution >= 0.6 is 0 Å². The van der Waals surface area contributed by atoms with E-state index in [0.29, 0.717) is 12.6 Å². The van der Waals surface area contributed by atoms with Crippen molar-refractivity contribution in [1.29, 1.82) is 0 Å². The lowest BCUT2D eigenvalue weighted by atomic mass is 9.72. The molecule has 1 aromatic heterocycles. The molecular weight excluding hydrogens is 487 g/mol. The number of hydrogen-bond acceptors (Lipinski definition) is 4. The molecule has 0 fully saturated rings. The Morgan fingerprint density at radius 3 is 2.35 bits per heavy atom. The first-order valence-electron chi connectivity index (χ1n) is 11.6. The van der Waals surface area contributed by atoms with Gasteiger partial charge in [0.15, 0.2) is 0 Å². The summed E-state index contributed by atoms with van der Waals surface area (Å²) in [4.78, 5) is 41.0. The summed E-state index contributed by atoms with van der Waals surface area (Å²) in [6, 6.07) is 11.6. The number of nitrogens with one attached hydrogen (secondary N) is 4. The SMILES string of the molecule is CC(C)(C)C(CNCc1c[nH]c2ccccc12)(NC(=O)CNC(=O)c1cccc(C(F)(F)F)c1)C(N)=O. The van der Waals surface area contributed by atoms with Gasteiger partial charge < -0.3 is 26.7 Å². The highest BCUT2D eigenvalue weighted by Crippen LogP contribution is 2.31. The predicted molar refractivity (Wildman–Crippen MR) is 133 cm³/mol. The standard InChI is InChI=1S/C26H30F3N5O3/c1-24(2,3)25(23(30)37,15-31-12-17-13-32-20-10-5-4-9-19(17)20)34-21(35)14-33-22(36)16-7-6-8-18(11-16)26(27,28)29/h4-11,13,31-32H,12,14-15H2,1-3H3,(H2,30,37)(H,33,36)(H,34,35). The smallest absolute Gasteiger partial charge is 0.368 e. The number of carbonyl (C=O) groups is 3. The number of para-hydroxylation sites is 1. The van der Waals surface area contributed by atoms with Crippen LogP contribution in [0.2, 0.25) is 0 Å². The van der Waals surface area contributed by atoms with Crippen LogP contribution in [0.4, 0.5) is 13.2 Å². The van der Waals surface area contributed by atoms with E-state index in [0.717, 1.165) is 28.6 Å². The van der Waals surface area contributed by atoms with Crippen LogP contribution in [-0.2, 0) is 22.3 Å². The van der Waals surface area contributed by atoms with Crippen molar-refractivity contribution in [2.24, 2.45) is 11.1 Å². The molecule has 0 saturated carbocycles. The first-order valence-corrected chi connectivity index (χ1v) is 11.6. The van der Waals surface area contributed by atoms with E-state index in [9.17, 15) is 27.6 Å². The fraction of sp³-hybridized carbons (Fsp3) is 0.346. The molecule has 0 aliphatic rings. The highest BCUT2D eigenvalue weighted by atomic mass is 19.4. The number of hydrogen-bond donors (Lipinski definition) is 5. The largest absolute Gasteiger partial charge is 0.416 e. The molecule has 1 atom stereocenters. The van der Waals surface area contributed by atoms with Gasteiger partial charge in [0.05, 0.1) is 12.1 Å². The molecule has 3 amide bonds. The van der Waals surface area contributed by atoms with Gasteiger partial charge in [0, 0.05) is 35.8 Å². The summed E-state index contributed by atoms with van der Waals surface area (Å²) >= 11 is 0. The molecular formula is C26H30F3N5O3. The van der Waals surface area contributed by atoms with Crippen LogP contribution in [0.3, 0.4) is 0 Å². The minimum Gasteiger partial charge on any atom is -0.368 e. The van der Waals surface area contributed by atoms with Gasteiger partial charge in [-0.25, -0.2) is 0 Å². The first kappa shape index (κ1) is 27.7. The summed E-state index contributed by atoms with van der Waals surface area (Å²) in [7, 11) is 0. The molecule has 8 nitrogen and oxygen atoms in total. The third-order valence-corrected chi connectivity index (χ3v) is 6.30. The Kier molecular flexibility index (Phi) is 7.97. The van der Waals surface area contributed by atoms with Gasteiger partial charge in [-0.15, -0.1) is 0 Å². The second-order valence-corrected chi connectivity index (χ2v) is 9.79. The number of amides is 3. The van der Waals surface area contributed by atoms with E-state index in [1.807, 2.05) is 30.5 Å². The molecule has 198 valence electrons. The van der Waals surface area contributed by atoms with Crippen LogP contribution in [0.15, 0.2) is 54.7 Å². The van der Waals surface area contributed by atoms with Gasteiger partial charge in [-0.1, -0.05) is 45.0 Å². The van der Waals surface area contributed by atoms with Gasteiger partial charge in [-0.3, -0.25) is 14.4 Å². The molecule has 3 aromatic rings. The van der Waals surface area contributed by atoms with Crippen LogP contribution in [0.25, 0.3) is 10.9 Å². The summed E-state index contributed by atoms with van der Waals surface area (Å²) in [6.45, 7) is 5.05. The Morgan fingerprint density at radius 1 is 1.00 bits per heavy atom. The monoisotopic (exact) mass is 517 g/mol. The van der Waals surface area contributed by atoms with Gasteiger partial charge in [0.1, 0.15) is 5.54 Å². The first-order chi connectivity index (χ1) is 17.2. The maximum atomic E-state index is 12.9. The van der Waals surface area contributed by atoms with Crippen LogP contribution in [0.5, 0.6) is 0 Å². The number of fused-ring (bicyclic) bond motifs is 1. The van der Waals surface area contributed by atoms with Crippen molar-refractivity contribution in [1.82, 2.24) is 20.9 Å². The molecule has 37 heavy (non-hydrogen) atoms. The zero-order chi connectivity index (χ0) is 27.4. The molecule has 0 radical (unpaired) electrons. The van der Waals surface area contributed by atoms with E-state index in [1.54, 1.807) is 20.8 Å². The lowest BCUT2D eigenvalue weighted by Gasteiger charge is -2.43. The van der Waals surface area contributed by atoms with Gasteiger partial charge in [-0.05, 0) is 35.2 Å². The Hall–Kier alpha value is -3.86. The number of benzene rings is 2. The Bertz CT molecular complexity index is 1300. The third-order valence-electron chi connectivity index (χ3n) is 6.30. The summed E-state index contributed by atoms with van der Waals surface area (Å²) in [5.41, 5.74) is 4.10. The van der Waals surface area contributed by atoms with Crippen molar-refractivity contribution in [3.05, 3.63) is 71.4 Å². The Morgan fingerprint density at radius 2 is 1.70 bits per heavy atom. The van der Waals surface area contributed by atoms with Crippen LogP contribution in [0.1, 0.15) is 42.3 Å². The second-order valence-electron chi connectivity index (χ2n) is 9.79. The Balaban J connectivity index is 1.69. The second kappa shape index (κ2) is 10.6. The zero-order valence-electron chi connectivity index (χ0n) is 20.8. The van der Waals surface area contributed by atoms with Crippen molar-refractivity contribution in [2.45, 2.75) is 39.0 Å². The van der Waals surface area contributed by atoms with Crippen molar-refractivity contribution in [2.75, 3.05) is 13.1 Å². The molecule has 0 aliphatic carbocycles. The van der Waals surface area contributed by atoms with E-state index in [-0.39, 0.29) is 12.1 Å². The van der Waals surface area contributed by atoms with E-state index in [4.69, 9.17) is 5.73 Å². The quantitative estimate of drug-likeness (QED) is 0.299. The summed E-state index contributed by atoms with van der Waals surface area (Å²) in [6.07, 6.45) is -2.76. The molecule has 3 rings (SSSR count). The summed E-state index contributed by atoms with van der Waals surface area (Å²) in [5, 5.41) is 9.15.